The molecule has 7 amide bonds. The quantitative estimate of drug-likeness (QED) is 0.0132. The number of rotatable bonds is 35. The summed E-state index contributed by atoms with van der Waals surface area (Å²) >= 11 is 1.24. The Kier molecular flexibility index (Phi) is 26.3. The number of fused-ring (bicyclic) bond motifs is 1. The van der Waals surface area contributed by atoms with Crippen molar-refractivity contribution < 1.29 is 105 Å². The standard InChI is InChI=1S/C37H64N15O22P3S/c1-37(2,16-71-77(68,69)74-76(66,67)70-15-21-27(58)28(73-75(63,64)65)35(72-21)52-18-49-26-30(39)47-17-48-31(26)52)29(59)34(62)43-8-5-23(55)42-9-11-78-10-6-24(56)51-20(14-53)33(61)46-13-25(57)50-19(4-3-7-44-36(40)41)32(60)45-12-22(38)54/h17-21,27-29,35,53,58-59H,3-16H2,1-2H3,(H2,38,54)(H,42,55)(H,43,62)(H,45,60)(H,46,61)(H,50,57)(H,51,56)(H,66,67)(H,68,69)(H2,39,47,48)(H4,40,41,44)(H2,63,64,65)/t19-,20-,21+,27+,28+,29?,35+/m0/s1. The summed E-state index contributed by atoms with van der Waals surface area (Å²) in [6.07, 6.45) is -7.14. The Morgan fingerprint density at radius 2 is 1.50 bits per heavy atom. The molecule has 78 heavy (non-hydrogen) atoms. The zero-order valence-electron chi connectivity index (χ0n) is 41.6. The number of phosphoric acid groups is 3. The number of aliphatic imine (C=N–C) groups is 1. The smallest absolute Gasteiger partial charge is 0.394 e. The third kappa shape index (κ3) is 23.0. The number of aliphatic hydroxyl groups is 3. The second kappa shape index (κ2) is 30.7. The van der Waals surface area contributed by atoms with Gasteiger partial charge >= 0.3 is 23.5 Å². The minimum absolute atomic E-state index is 0.0273. The van der Waals surface area contributed by atoms with Gasteiger partial charge in [0.2, 0.25) is 41.4 Å². The molecule has 3 unspecified atom stereocenters. The van der Waals surface area contributed by atoms with Crippen LogP contribution in [0.3, 0.4) is 0 Å². The number of hydrogen-bond acceptors (Lipinski definition) is 24. The van der Waals surface area contributed by atoms with E-state index in [2.05, 4.69) is 56.2 Å². The van der Waals surface area contributed by atoms with Crippen LogP contribution in [0.15, 0.2) is 17.6 Å². The molecule has 1 aliphatic heterocycles. The first-order chi connectivity index (χ1) is 36.3. The van der Waals surface area contributed by atoms with E-state index in [1.165, 1.54) is 25.6 Å². The van der Waals surface area contributed by atoms with Crippen LogP contribution in [0.5, 0.6) is 0 Å². The summed E-state index contributed by atoms with van der Waals surface area (Å²) in [7, 11) is -16.5. The molecule has 21 N–H and O–H groups in total. The van der Waals surface area contributed by atoms with Crippen LogP contribution < -0.4 is 54.8 Å². The molecule has 2 aromatic heterocycles. The number of carbonyl (C=O) groups is 7. The Morgan fingerprint density at radius 1 is 0.846 bits per heavy atom. The van der Waals surface area contributed by atoms with Gasteiger partial charge in [0, 0.05) is 49.4 Å². The highest BCUT2D eigenvalue weighted by Crippen LogP contribution is 2.61. The molecule has 0 saturated carbocycles. The van der Waals surface area contributed by atoms with Crippen LogP contribution >= 0.6 is 35.2 Å². The summed E-state index contributed by atoms with van der Waals surface area (Å²) < 4.78 is 62.4. The summed E-state index contributed by atoms with van der Waals surface area (Å²) in [5.41, 5.74) is 19.7. The van der Waals surface area contributed by atoms with Gasteiger partial charge in [-0.3, -0.25) is 56.7 Å². The third-order valence-corrected chi connectivity index (χ3v) is 14.5. The Morgan fingerprint density at radius 3 is 2.15 bits per heavy atom. The number of imidazole rings is 1. The number of nitrogens with one attached hydrogen (secondary N) is 6. The second-order valence-corrected chi connectivity index (χ2v) is 22.7. The number of phosphoric ester groups is 3. The second-order valence-electron chi connectivity index (χ2n) is 17.2. The van der Waals surface area contributed by atoms with Gasteiger partial charge in [-0.25, -0.2) is 28.6 Å². The first-order valence-corrected chi connectivity index (χ1v) is 28.6. The Labute approximate surface area is 446 Å². The number of carbonyl (C=O) groups excluding carboxylic acids is 7. The van der Waals surface area contributed by atoms with Crippen LogP contribution in [0.1, 0.15) is 45.8 Å². The minimum atomic E-state index is -5.60. The summed E-state index contributed by atoms with van der Waals surface area (Å²) in [5.74, 6) is -5.23. The lowest BCUT2D eigenvalue weighted by Crippen LogP contribution is -2.53. The van der Waals surface area contributed by atoms with Crippen molar-refractivity contribution in [3.63, 3.8) is 0 Å². The van der Waals surface area contributed by atoms with Gasteiger partial charge in [-0.15, -0.1) is 0 Å². The molecule has 0 aliphatic carbocycles. The van der Waals surface area contributed by atoms with Gasteiger partial charge in [-0.2, -0.15) is 16.1 Å². The number of aromatic nitrogens is 4. The van der Waals surface area contributed by atoms with Crippen molar-refractivity contribution in [3.05, 3.63) is 12.7 Å². The van der Waals surface area contributed by atoms with E-state index in [4.69, 9.17) is 41.2 Å². The van der Waals surface area contributed by atoms with Gasteiger partial charge in [-0.1, -0.05) is 13.8 Å². The Hall–Kier alpha value is -5.53. The van der Waals surface area contributed by atoms with Crippen molar-refractivity contribution in [1.82, 2.24) is 51.4 Å². The van der Waals surface area contributed by atoms with E-state index >= 15 is 0 Å². The number of primary amides is 1. The molecule has 440 valence electrons. The molecule has 1 aliphatic rings. The average Bonchev–Trinajstić information content (AvgIpc) is 3.91. The number of anilines is 1. The van der Waals surface area contributed by atoms with Crippen molar-refractivity contribution >= 4 is 99.5 Å². The van der Waals surface area contributed by atoms with Gasteiger partial charge < -0.3 is 94.5 Å². The molecular weight excluding hydrogens is 1130 g/mol. The summed E-state index contributed by atoms with van der Waals surface area (Å²) in [6, 6.07) is -2.59. The predicted octanol–water partition coefficient (Wildman–Crippen LogP) is -6.74. The van der Waals surface area contributed by atoms with Gasteiger partial charge in [-0.05, 0) is 12.8 Å². The topological polar surface area (TPSA) is 591 Å². The first-order valence-electron chi connectivity index (χ1n) is 22.9. The first kappa shape index (κ1) is 66.7. The van der Waals surface area contributed by atoms with E-state index < -0.39 is 146 Å². The third-order valence-electron chi connectivity index (χ3n) is 10.4. The molecule has 1 fully saturated rings. The molecule has 9 atom stereocenters. The van der Waals surface area contributed by atoms with E-state index in [9.17, 15) is 82.2 Å². The molecule has 3 heterocycles. The van der Waals surface area contributed by atoms with Crippen molar-refractivity contribution in [2.24, 2.45) is 27.6 Å². The number of aliphatic hydroxyl groups excluding tert-OH is 3. The number of guanidine groups is 1. The lowest BCUT2D eigenvalue weighted by Gasteiger charge is -2.30. The maximum absolute atomic E-state index is 12.7. The van der Waals surface area contributed by atoms with Gasteiger partial charge in [0.05, 0.1) is 39.2 Å². The number of nitrogen functional groups attached to an aromatic ring is 1. The fraction of sp³-hybridized carbons (Fsp3) is 0.649. The van der Waals surface area contributed by atoms with E-state index in [-0.39, 0.29) is 74.0 Å². The van der Waals surface area contributed by atoms with Crippen LogP contribution in [0.25, 0.3) is 11.2 Å². The number of nitrogens with zero attached hydrogens (tertiary/aromatic N) is 5. The number of hydrogen-bond donors (Lipinski definition) is 17. The highest BCUT2D eigenvalue weighted by Gasteiger charge is 2.50. The maximum atomic E-state index is 12.7. The van der Waals surface area contributed by atoms with Gasteiger partial charge in [0.25, 0.3) is 0 Å². The number of amides is 7. The SMILES string of the molecule is CC(C)(COP(=O)(O)OP(=O)(O)OC[C@H]1O[C@@H](n2cnc3c(N)ncnc32)[C@H](OP(=O)(O)O)[C@@H]1O)C(O)C(=O)NCCC(=O)NCCSCCC(=O)N[C@@H](CO)C(=O)NCC(=O)N[C@@H](CCCN=C(N)N)C(=O)NCC(N)=O. The summed E-state index contributed by atoms with van der Waals surface area (Å²) in [6.45, 7) is -1.66. The van der Waals surface area contributed by atoms with Crippen LogP contribution in [-0.2, 0) is 69.9 Å². The molecule has 0 spiro atoms. The van der Waals surface area contributed by atoms with Crippen LogP contribution in [0.4, 0.5) is 5.82 Å². The van der Waals surface area contributed by atoms with Crippen LogP contribution in [-0.4, -0.2) is 202 Å². The van der Waals surface area contributed by atoms with Crippen LogP contribution in [0.2, 0.25) is 0 Å². The van der Waals surface area contributed by atoms with E-state index in [0.717, 1.165) is 17.2 Å². The minimum Gasteiger partial charge on any atom is -0.394 e. The van der Waals surface area contributed by atoms with E-state index in [0.29, 0.717) is 5.75 Å². The fourth-order valence-corrected chi connectivity index (χ4v) is 10.1. The molecule has 37 nitrogen and oxygen atoms in total. The Balaban J connectivity index is 1.34. The highest BCUT2D eigenvalue weighted by atomic mass is 32.2. The zero-order chi connectivity index (χ0) is 58.6. The summed E-state index contributed by atoms with van der Waals surface area (Å²) in [4.78, 5) is 141. The normalized spacial score (nSPS) is 19.2. The molecule has 41 heteroatoms. The lowest BCUT2D eigenvalue weighted by molar-refractivity contribution is -0.137. The number of thioether (sulfide) groups is 1. The molecule has 0 aromatic carbocycles. The van der Waals surface area contributed by atoms with Crippen molar-refractivity contribution in [2.45, 2.75) is 82.3 Å². The van der Waals surface area contributed by atoms with Crippen molar-refractivity contribution in [3.8, 4) is 0 Å². The molecule has 0 radical (unpaired) electrons. The number of nitrogens with two attached hydrogens (primary N) is 4. The van der Waals surface area contributed by atoms with Gasteiger partial charge in [0.15, 0.2) is 23.7 Å². The van der Waals surface area contributed by atoms with Crippen molar-refractivity contribution in [2.75, 3.05) is 69.8 Å². The monoisotopic (exact) mass is 1200 g/mol. The Bertz CT molecular complexity index is 2590. The fourth-order valence-electron chi connectivity index (χ4n) is 6.52. The average molecular weight is 1200 g/mol. The zero-order valence-corrected chi connectivity index (χ0v) is 45.1. The number of ether oxygens (including phenoxy) is 1. The molecule has 0 bridgehead atoms. The summed E-state index contributed by atoms with van der Waals surface area (Å²) in [5, 5.41) is 45.3. The van der Waals surface area contributed by atoms with Gasteiger partial charge in [0.1, 0.15) is 48.3 Å². The highest BCUT2D eigenvalue weighted by molar-refractivity contribution is 7.99. The maximum Gasteiger partial charge on any atom is 0.481 e. The molecule has 3 rings (SSSR count). The molecular formula is C37H64N15O22P3S. The van der Waals surface area contributed by atoms with E-state index in [1.807, 2.05) is 0 Å². The lowest BCUT2D eigenvalue weighted by atomic mass is 9.87. The largest absolute Gasteiger partial charge is 0.481 e. The van der Waals surface area contributed by atoms with Crippen molar-refractivity contribution in [1.29, 1.82) is 0 Å². The van der Waals surface area contributed by atoms with Crippen LogP contribution in [0, 0.1) is 5.41 Å². The van der Waals surface area contributed by atoms with E-state index in [1.54, 1.807) is 0 Å². The molecule has 2 aromatic rings. The predicted molar refractivity (Wildman–Crippen MR) is 268 cm³/mol. The molecule has 1 saturated heterocycles.